The summed E-state index contributed by atoms with van der Waals surface area (Å²) in [5.74, 6) is -0.942. The third-order valence-corrected chi connectivity index (χ3v) is 4.56. The molecule has 2 rings (SSSR count). The molecule has 1 aliphatic heterocycles. The standard InChI is InChI=1S/C16H18BrNO3/c1-2-16(15(20)21)8-9-18(11-16)14(19)7-6-12-4-3-5-13(17)10-12/h3-7,10H,2,8-9,11H2,1H3,(H,20,21). The first-order valence-electron chi connectivity index (χ1n) is 6.93. The molecule has 0 aliphatic carbocycles. The second-order valence-electron chi connectivity index (χ2n) is 5.34. The molecule has 5 heteroatoms. The Morgan fingerprint density at radius 2 is 2.24 bits per heavy atom. The van der Waals surface area contributed by atoms with E-state index in [4.69, 9.17) is 0 Å². The van der Waals surface area contributed by atoms with Gasteiger partial charge in [-0.2, -0.15) is 0 Å². The summed E-state index contributed by atoms with van der Waals surface area (Å²) in [7, 11) is 0. The molecule has 1 unspecified atom stereocenters. The number of nitrogens with zero attached hydrogens (tertiary/aromatic N) is 1. The minimum absolute atomic E-state index is 0.133. The number of rotatable bonds is 4. The van der Waals surface area contributed by atoms with Crippen LogP contribution in [0.4, 0.5) is 0 Å². The van der Waals surface area contributed by atoms with Crippen LogP contribution in [-0.4, -0.2) is 35.0 Å². The van der Waals surface area contributed by atoms with E-state index >= 15 is 0 Å². The number of hydrogen-bond donors (Lipinski definition) is 1. The number of amides is 1. The lowest BCUT2D eigenvalue weighted by Gasteiger charge is -2.22. The Morgan fingerprint density at radius 3 is 2.81 bits per heavy atom. The molecule has 1 saturated heterocycles. The highest BCUT2D eigenvalue weighted by molar-refractivity contribution is 9.10. The molecule has 1 N–H and O–H groups in total. The van der Waals surface area contributed by atoms with Gasteiger partial charge in [-0.25, -0.2) is 0 Å². The second-order valence-corrected chi connectivity index (χ2v) is 6.25. The van der Waals surface area contributed by atoms with Crippen LogP contribution in [0.5, 0.6) is 0 Å². The molecule has 1 fully saturated rings. The molecule has 1 aromatic carbocycles. The van der Waals surface area contributed by atoms with Crippen molar-refractivity contribution in [3.05, 3.63) is 40.4 Å². The normalized spacial score (nSPS) is 21.9. The molecule has 1 aliphatic rings. The molecule has 0 bridgehead atoms. The number of carboxylic acids is 1. The number of carboxylic acid groups (broad SMARTS) is 1. The van der Waals surface area contributed by atoms with Crippen molar-refractivity contribution in [3.8, 4) is 0 Å². The van der Waals surface area contributed by atoms with Gasteiger partial charge in [-0.1, -0.05) is 35.0 Å². The van der Waals surface area contributed by atoms with Crippen LogP contribution in [0.2, 0.25) is 0 Å². The smallest absolute Gasteiger partial charge is 0.311 e. The maximum Gasteiger partial charge on any atom is 0.311 e. The monoisotopic (exact) mass is 351 g/mol. The summed E-state index contributed by atoms with van der Waals surface area (Å²) in [5.41, 5.74) is 0.149. The van der Waals surface area contributed by atoms with E-state index in [1.807, 2.05) is 31.2 Å². The number of likely N-dealkylation sites (tertiary alicyclic amines) is 1. The van der Waals surface area contributed by atoms with Gasteiger partial charge in [0.2, 0.25) is 5.91 Å². The van der Waals surface area contributed by atoms with Crippen LogP contribution in [0.15, 0.2) is 34.8 Å². The van der Waals surface area contributed by atoms with Crippen LogP contribution in [0, 0.1) is 5.41 Å². The average Bonchev–Trinajstić information content (AvgIpc) is 2.91. The van der Waals surface area contributed by atoms with E-state index in [1.165, 1.54) is 6.08 Å². The van der Waals surface area contributed by atoms with Crippen LogP contribution in [0.3, 0.4) is 0 Å². The minimum atomic E-state index is -0.809. The van der Waals surface area contributed by atoms with Gasteiger partial charge >= 0.3 is 5.97 Å². The van der Waals surface area contributed by atoms with Crippen molar-refractivity contribution >= 4 is 33.9 Å². The molecule has 0 aromatic heterocycles. The second kappa shape index (κ2) is 6.43. The van der Waals surface area contributed by atoms with Crippen molar-refractivity contribution in [2.24, 2.45) is 5.41 Å². The van der Waals surface area contributed by atoms with Crippen molar-refractivity contribution in [1.82, 2.24) is 4.90 Å². The van der Waals surface area contributed by atoms with E-state index in [1.54, 1.807) is 11.0 Å². The van der Waals surface area contributed by atoms with Gasteiger partial charge in [0.05, 0.1) is 5.41 Å². The summed E-state index contributed by atoms with van der Waals surface area (Å²) >= 11 is 3.38. The van der Waals surface area contributed by atoms with E-state index in [-0.39, 0.29) is 5.91 Å². The van der Waals surface area contributed by atoms with Gasteiger partial charge in [0.25, 0.3) is 0 Å². The summed E-state index contributed by atoms with van der Waals surface area (Å²) in [6.07, 6.45) is 4.33. The predicted molar refractivity (Wildman–Crippen MR) is 84.7 cm³/mol. The first-order valence-corrected chi connectivity index (χ1v) is 7.72. The van der Waals surface area contributed by atoms with Crippen LogP contribution < -0.4 is 0 Å². The third kappa shape index (κ3) is 3.53. The lowest BCUT2D eigenvalue weighted by Crippen LogP contribution is -2.35. The van der Waals surface area contributed by atoms with E-state index in [0.717, 1.165) is 10.0 Å². The number of carbonyl (C=O) groups excluding carboxylic acids is 1. The molecule has 0 spiro atoms. The van der Waals surface area contributed by atoms with E-state index in [9.17, 15) is 14.7 Å². The fourth-order valence-electron chi connectivity index (χ4n) is 2.56. The molecule has 1 aromatic rings. The van der Waals surface area contributed by atoms with E-state index in [2.05, 4.69) is 15.9 Å². The molecule has 112 valence electrons. The lowest BCUT2D eigenvalue weighted by molar-refractivity contribution is -0.148. The minimum Gasteiger partial charge on any atom is -0.481 e. The number of benzene rings is 1. The molecular formula is C16H18BrNO3. The van der Waals surface area contributed by atoms with Crippen LogP contribution in [0.25, 0.3) is 6.08 Å². The maximum absolute atomic E-state index is 12.2. The number of hydrogen-bond acceptors (Lipinski definition) is 2. The molecule has 1 amide bonds. The van der Waals surface area contributed by atoms with Gasteiger partial charge in [-0.15, -0.1) is 0 Å². The fraction of sp³-hybridized carbons (Fsp3) is 0.375. The first kappa shape index (κ1) is 15.8. The largest absolute Gasteiger partial charge is 0.481 e. The Morgan fingerprint density at radius 1 is 1.48 bits per heavy atom. The summed E-state index contributed by atoms with van der Waals surface area (Å²) in [6, 6.07) is 7.65. The molecule has 0 saturated carbocycles. The number of aliphatic carboxylic acids is 1. The molecule has 21 heavy (non-hydrogen) atoms. The number of carbonyl (C=O) groups is 2. The van der Waals surface area contributed by atoms with Crippen molar-refractivity contribution in [3.63, 3.8) is 0 Å². The summed E-state index contributed by atoms with van der Waals surface area (Å²) in [5, 5.41) is 9.34. The Balaban J connectivity index is 2.04. The van der Waals surface area contributed by atoms with Gasteiger partial charge in [-0.3, -0.25) is 9.59 Å². The van der Waals surface area contributed by atoms with Gasteiger partial charge in [0.1, 0.15) is 0 Å². The first-order chi connectivity index (χ1) is 9.97. The lowest BCUT2D eigenvalue weighted by atomic mass is 9.84. The highest BCUT2D eigenvalue weighted by atomic mass is 79.9. The van der Waals surface area contributed by atoms with Crippen molar-refractivity contribution in [1.29, 1.82) is 0 Å². The zero-order valence-electron chi connectivity index (χ0n) is 11.9. The van der Waals surface area contributed by atoms with Crippen molar-refractivity contribution < 1.29 is 14.7 Å². The zero-order valence-corrected chi connectivity index (χ0v) is 13.5. The molecule has 4 nitrogen and oxygen atoms in total. The highest BCUT2D eigenvalue weighted by Gasteiger charge is 2.44. The third-order valence-electron chi connectivity index (χ3n) is 4.06. The van der Waals surface area contributed by atoms with E-state index < -0.39 is 11.4 Å². The van der Waals surface area contributed by atoms with Crippen LogP contribution in [0.1, 0.15) is 25.3 Å². The molecule has 1 atom stereocenters. The van der Waals surface area contributed by atoms with Gasteiger partial charge < -0.3 is 10.0 Å². The Kier molecular flexibility index (Phi) is 4.83. The van der Waals surface area contributed by atoms with Crippen molar-refractivity contribution in [2.45, 2.75) is 19.8 Å². The Hall–Kier alpha value is -1.62. The maximum atomic E-state index is 12.2. The Bertz CT molecular complexity index is 585. The topological polar surface area (TPSA) is 57.6 Å². The average molecular weight is 352 g/mol. The fourth-order valence-corrected chi connectivity index (χ4v) is 2.98. The predicted octanol–water partition coefficient (Wildman–Crippen LogP) is 3.18. The van der Waals surface area contributed by atoms with Gasteiger partial charge in [0, 0.05) is 23.6 Å². The quantitative estimate of drug-likeness (QED) is 0.847. The van der Waals surface area contributed by atoms with Crippen molar-refractivity contribution in [2.75, 3.05) is 13.1 Å². The van der Waals surface area contributed by atoms with E-state index in [0.29, 0.717) is 25.9 Å². The molecular weight excluding hydrogens is 334 g/mol. The highest BCUT2D eigenvalue weighted by Crippen LogP contribution is 2.34. The summed E-state index contributed by atoms with van der Waals surface area (Å²) in [6.45, 7) is 2.65. The summed E-state index contributed by atoms with van der Waals surface area (Å²) < 4.78 is 0.953. The summed E-state index contributed by atoms with van der Waals surface area (Å²) in [4.78, 5) is 25.2. The van der Waals surface area contributed by atoms with Gasteiger partial charge in [-0.05, 0) is 36.6 Å². The molecule has 1 heterocycles. The number of halogens is 1. The van der Waals surface area contributed by atoms with Crippen LogP contribution >= 0.6 is 15.9 Å². The molecule has 0 radical (unpaired) electrons. The SMILES string of the molecule is CCC1(C(=O)O)CCN(C(=O)C=Cc2cccc(Br)c2)C1. The van der Waals surface area contributed by atoms with Crippen LogP contribution in [-0.2, 0) is 9.59 Å². The zero-order chi connectivity index (χ0) is 15.5. The Labute approximate surface area is 132 Å². The van der Waals surface area contributed by atoms with Gasteiger partial charge in [0.15, 0.2) is 0 Å².